The molecule has 172 valence electrons. The highest BCUT2D eigenvalue weighted by molar-refractivity contribution is 5.94. The van der Waals surface area contributed by atoms with Crippen LogP contribution in [0.3, 0.4) is 0 Å². The number of aryl methyl sites for hydroxylation is 1. The van der Waals surface area contributed by atoms with E-state index in [9.17, 15) is 9.18 Å². The van der Waals surface area contributed by atoms with Gasteiger partial charge in [-0.3, -0.25) is 14.8 Å². The molecule has 7 nitrogen and oxygen atoms in total. The van der Waals surface area contributed by atoms with Crippen LogP contribution in [0.25, 0.3) is 11.5 Å². The third-order valence-electron chi connectivity index (χ3n) is 6.26. The van der Waals surface area contributed by atoms with E-state index in [-0.39, 0.29) is 17.6 Å². The number of aromatic nitrogens is 5. The number of amides is 1. The van der Waals surface area contributed by atoms with Crippen LogP contribution in [-0.2, 0) is 13.5 Å². The second kappa shape index (κ2) is 9.51. The van der Waals surface area contributed by atoms with Gasteiger partial charge < -0.3 is 9.47 Å². The second-order valence-electron chi connectivity index (χ2n) is 8.55. The number of benzene rings is 1. The third kappa shape index (κ3) is 4.44. The molecule has 1 aromatic carbocycles. The molecule has 0 saturated carbocycles. The maximum atomic E-state index is 13.9. The molecule has 0 unspecified atom stereocenters. The average molecular weight is 457 g/mol. The monoisotopic (exact) mass is 456 g/mol. The van der Waals surface area contributed by atoms with Crippen molar-refractivity contribution in [3.63, 3.8) is 0 Å². The molecule has 0 radical (unpaired) electrons. The summed E-state index contributed by atoms with van der Waals surface area (Å²) in [6, 6.07) is 10.2. The van der Waals surface area contributed by atoms with Gasteiger partial charge in [-0.25, -0.2) is 14.4 Å². The number of nitrogens with zero attached hydrogens (tertiary/aromatic N) is 6. The minimum atomic E-state index is -0.252. The fraction of sp³-hybridized carbons (Fsp3) is 0.269. The first-order chi connectivity index (χ1) is 16.6. The molecule has 1 atom stereocenters. The van der Waals surface area contributed by atoms with Gasteiger partial charge in [0.2, 0.25) is 0 Å². The number of hydrogen-bond donors (Lipinski definition) is 0. The summed E-state index contributed by atoms with van der Waals surface area (Å²) in [5, 5.41) is 0. The Bertz CT molecular complexity index is 1300. The van der Waals surface area contributed by atoms with Crippen LogP contribution < -0.4 is 0 Å². The lowest BCUT2D eigenvalue weighted by molar-refractivity contribution is 0.0705. The lowest BCUT2D eigenvalue weighted by Gasteiger charge is -2.33. The van der Waals surface area contributed by atoms with Gasteiger partial charge in [0.05, 0.1) is 11.3 Å². The molecule has 0 bridgehead atoms. The van der Waals surface area contributed by atoms with Crippen LogP contribution in [0.4, 0.5) is 4.39 Å². The topological polar surface area (TPSA) is 76.8 Å². The Labute approximate surface area is 197 Å². The highest BCUT2D eigenvalue weighted by Crippen LogP contribution is 2.31. The van der Waals surface area contributed by atoms with Crippen LogP contribution in [0.15, 0.2) is 67.4 Å². The zero-order valence-corrected chi connectivity index (χ0v) is 18.9. The first-order valence-corrected chi connectivity index (χ1v) is 11.4. The molecule has 0 N–H and O–H groups in total. The summed E-state index contributed by atoms with van der Waals surface area (Å²) in [7, 11) is 1.93. The number of carbonyl (C=O) groups excluding carboxylic acids is 1. The smallest absolute Gasteiger partial charge is 0.255 e. The van der Waals surface area contributed by atoms with Gasteiger partial charge >= 0.3 is 0 Å². The molecule has 4 heterocycles. The van der Waals surface area contributed by atoms with Crippen molar-refractivity contribution in [1.82, 2.24) is 29.4 Å². The fourth-order valence-electron chi connectivity index (χ4n) is 4.47. The van der Waals surface area contributed by atoms with Gasteiger partial charge in [-0.1, -0.05) is 18.2 Å². The molecule has 0 spiro atoms. The van der Waals surface area contributed by atoms with Gasteiger partial charge in [0.15, 0.2) is 5.82 Å². The summed E-state index contributed by atoms with van der Waals surface area (Å²) in [6.07, 6.45) is 10.8. The highest BCUT2D eigenvalue weighted by Gasteiger charge is 2.29. The number of carbonyl (C=O) groups is 1. The maximum Gasteiger partial charge on any atom is 0.255 e. The molecular weight excluding hydrogens is 431 g/mol. The second-order valence-corrected chi connectivity index (χ2v) is 8.55. The molecule has 1 aliphatic heterocycles. The number of hydrogen-bond acceptors (Lipinski definition) is 5. The summed E-state index contributed by atoms with van der Waals surface area (Å²) in [5.41, 5.74) is 3.46. The molecule has 3 aromatic heterocycles. The molecule has 1 fully saturated rings. The Kier molecular flexibility index (Phi) is 6.12. The van der Waals surface area contributed by atoms with Crippen molar-refractivity contribution in [2.24, 2.45) is 7.05 Å². The summed E-state index contributed by atoms with van der Waals surface area (Å²) in [6.45, 7) is 1.25. The molecular formula is C26H25FN6O. The van der Waals surface area contributed by atoms with E-state index in [1.165, 1.54) is 6.07 Å². The van der Waals surface area contributed by atoms with E-state index >= 15 is 0 Å². The molecule has 8 heteroatoms. The number of halogens is 1. The Morgan fingerprint density at radius 2 is 1.91 bits per heavy atom. The van der Waals surface area contributed by atoms with Crippen molar-refractivity contribution in [2.75, 3.05) is 13.1 Å². The number of imidazole rings is 1. The normalized spacial score (nSPS) is 15.9. The van der Waals surface area contributed by atoms with E-state index in [0.29, 0.717) is 30.6 Å². The minimum absolute atomic E-state index is 0.0583. The first kappa shape index (κ1) is 21.9. The van der Waals surface area contributed by atoms with Crippen LogP contribution in [0.2, 0.25) is 0 Å². The predicted molar refractivity (Wildman–Crippen MR) is 126 cm³/mol. The van der Waals surface area contributed by atoms with E-state index in [1.807, 2.05) is 22.7 Å². The van der Waals surface area contributed by atoms with E-state index in [2.05, 4.69) is 19.9 Å². The van der Waals surface area contributed by atoms with Crippen LogP contribution in [0.5, 0.6) is 0 Å². The standard InChI is InChI=1S/C26H25FN6O/c1-32-14-12-30-25(32)24-23(28-10-11-29-24)20-6-4-13-33(17-20)26(34)19-8-9-21(31-16-19)15-18-5-2-3-7-22(18)27/h2-3,5,7-12,14,16,20H,4,6,13,15,17H2,1H3/t20-/m1/s1. The third-order valence-corrected chi connectivity index (χ3v) is 6.26. The molecule has 4 aromatic rings. The number of rotatable bonds is 5. The molecule has 1 saturated heterocycles. The van der Waals surface area contributed by atoms with Gasteiger partial charge in [-0.2, -0.15) is 0 Å². The molecule has 0 aliphatic carbocycles. The van der Waals surface area contributed by atoms with E-state index in [0.717, 1.165) is 35.7 Å². The van der Waals surface area contributed by atoms with Crippen LogP contribution >= 0.6 is 0 Å². The Morgan fingerprint density at radius 3 is 2.68 bits per heavy atom. The molecule has 1 amide bonds. The predicted octanol–water partition coefficient (Wildman–Crippen LogP) is 4.02. The number of piperidine rings is 1. The fourth-order valence-corrected chi connectivity index (χ4v) is 4.47. The Balaban J connectivity index is 1.32. The number of likely N-dealkylation sites (tertiary alicyclic amines) is 1. The lowest BCUT2D eigenvalue weighted by Crippen LogP contribution is -2.39. The van der Waals surface area contributed by atoms with E-state index < -0.39 is 0 Å². The Morgan fingerprint density at radius 1 is 1.06 bits per heavy atom. The van der Waals surface area contributed by atoms with Crippen molar-refractivity contribution in [2.45, 2.75) is 25.2 Å². The lowest BCUT2D eigenvalue weighted by atomic mass is 9.92. The largest absolute Gasteiger partial charge is 0.338 e. The molecule has 34 heavy (non-hydrogen) atoms. The quantitative estimate of drug-likeness (QED) is 0.453. The van der Waals surface area contributed by atoms with Crippen molar-refractivity contribution in [3.05, 3.63) is 95.7 Å². The number of pyridine rings is 1. The van der Waals surface area contributed by atoms with E-state index in [4.69, 9.17) is 0 Å². The SMILES string of the molecule is Cn1ccnc1-c1nccnc1[C@@H]1CCCN(C(=O)c2ccc(Cc3ccccc3F)nc2)C1. The van der Waals surface area contributed by atoms with Gasteiger partial charge in [-0.15, -0.1) is 0 Å². The maximum absolute atomic E-state index is 13.9. The van der Waals surface area contributed by atoms with Crippen LogP contribution in [0, 0.1) is 5.82 Å². The van der Waals surface area contributed by atoms with Gasteiger partial charge in [0.1, 0.15) is 11.5 Å². The Hall–Kier alpha value is -3.94. The van der Waals surface area contributed by atoms with E-state index in [1.54, 1.807) is 55.1 Å². The summed E-state index contributed by atoms with van der Waals surface area (Å²) in [5.74, 6) is 0.530. The van der Waals surface area contributed by atoms with Crippen LogP contribution in [0.1, 0.15) is 46.1 Å². The first-order valence-electron chi connectivity index (χ1n) is 11.4. The van der Waals surface area contributed by atoms with Gasteiger partial charge in [0.25, 0.3) is 5.91 Å². The zero-order valence-electron chi connectivity index (χ0n) is 18.9. The summed E-state index contributed by atoms with van der Waals surface area (Å²) < 4.78 is 15.9. The van der Waals surface area contributed by atoms with Crippen molar-refractivity contribution in [3.8, 4) is 11.5 Å². The van der Waals surface area contributed by atoms with Crippen molar-refractivity contribution < 1.29 is 9.18 Å². The van der Waals surface area contributed by atoms with Crippen molar-refractivity contribution in [1.29, 1.82) is 0 Å². The average Bonchev–Trinajstić information content (AvgIpc) is 3.31. The van der Waals surface area contributed by atoms with Crippen molar-refractivity contribution >= 4 is 5.91 Å². The zero-order chi connectivity index (χ0) is 23.5. The molecule has 5 rings (SSSR count). The highest BCUT2D eigenvalue weighted by atomic mass is 19.1. The van der Waals surface area contributed by atoms with Gasteiger partial charge in [0, 0.05) is 69.2 Å². The van der Waals surface area contributed by atoms with Crippen LogP contribution in [-0.4, -0.2) is 48.4 Å². The summed E-state index contributed by atoms with van der Waals surface area (Å²) >= 11 is 0. The summed E-state index contributed by atoms with van der Waals surface area (Å²) in [4.78, 5) is 33.1. The minimum Gasteiger partial charge on any atom is -0.338 e. The van der Waals surface area contributed by atoms with Gasteiger partial charge in [-0.05, 0) is 36.6 Å². The molecule has 1 aliphatic rings.